The molecule has 0 aliphatic rings. The first-order valence-corrected chi connectivity index (χ1v) is 8.49. The van der Waals surface area contributed by atoms with E-state index in [1.54, 1.807) is 0 Å². The zero-order valence-corrected chi connectivity index (χ0v) is 13.8. The van der Waals surface area contributed by atoms with Gasteiger partial charge in [0, 0.05) is 22.8 Å². The van der Waals surface area contributed by atoms with Crippen LogP contribution in [0.15, 0.2) is 28.7 Å². The van der Waals surface area contributed by atoms with Gasteiger partial charge in [-0.3, -0.25) is 4.90 Å². The van der Waals surface area contributed by atoms with Gasteiger partial charge >= 0.3 is 0 Å². The molecule has 0 aliphatic carbocycles. The summed E-state index contributed by atoms with van der Waals surface area (Å²) in [4.78, 5) is 2.37. The fourth-order valence-corrected chi connectivity index (χ4v) is 3.10. The van der Waals surface area contributed by atoms with Crippen molar-refractivity contribution in [3.63, 3.8) is 0 Å². The molecule has 0 amide bonds. The van der Waals surface area contributed by atoms with Crippen LogP contribution < -0.4 is 5.73 Å². The number of hydrogen-bond acceptors (Lipinski definition) is 3. The second-order valence-corrected chi connectivity index (χ2v) is 6.35. The van der Waals surface area contributed by atoms with Crippen molar-refractivity contribution in [2.45, 2.75) is 25.4 Å². The molecule has 2 atom stereocenters. The van der Waals surface area contributed by atoms with Crippen molar-refractivity contribution in [2.24, 2.45) is 5.73 Å². The summed E-state index contributed by atoms with van der Waals surface area (Å²) in [5.41, 5.74) is 7.61. The van der Waals surface area contributed by atoms with E-state index < -0.39 is 0 Å². The fourth-order valence-electron chi connectivity index (χ4n) is 2.11. The Bertz CT molecular complexity index is 359. The minimum atomic E-state index is 0.163. The van der Waals surface area contributed by atoms with Crippen molar-refractivity contribution in [2.75, 3.05) is 25.6 Å². The summed E-state index contributed by atoms with van der Waals surface area (Å²) in [6.07, 6.45) is 3.12. The highest BCUT2D eigenvalue weighted by Crippen LogP contribution is 2.30. The summed E-state index contributed by atoms with van der Waals surface area (Å²) in [5.74, 6) is 1.13. The summed E-state index contributed by atoms with van der Waals surface area (Å²) in [6, 6.07) is 8.82. The molecule has 0 bridgehead atoms. The van der Waals surface area contributed by atoms with Crippen LogP contribution in [-0.4, -0.2) is 36.5 Å². The van der Waals surface area contributed by atoms with Gasteiger partial charge in [0.1, 0.15) is 0 Å². The molecule has 0 aromatic heterocycles. The second-order valence-electron chi connectivity index (χ2n) is 4.51. The van der Waals surface area contributed by atoms with Crippen LogP contribution in [0.5, 0.6) is 0 Å². The molecule has 0 spiro atoms. The zero-order valence-electron chi connectivity index (χ0n) is 11.4. The monoisotopic (exact) mass is 330 g/mol. The quantitative estimate of drug-likeness (QED) is 0.829. The molecule has 2 unspecified atom stereocenters. The van der Waals surface area contributed by atoms with Crippen molar-refractivity contribution in [1.82, 2.24) is 4.90 Å². The van der Waals surface area contributed by atoms with Gasteiger partial charge in [0.2, 0.25) is 0 Å². The lowest BCUT2D eigenvalue weighted by atomic mass is 9.97. The van der Waals surface area contributed by atoms with Gasteiger partial charge < -0.3 is 5.73 Å². The molecular formula is C14H23BrN2S. The molecule has 4 heteroatoms. The summed E-state index contributed by atoms with van der Waals surface area (Å²) in [7, 11) is 2.16. The Morgan fingerprint density at radius 2 is 2.06 bits per heavy atom. The molecular weight excluding hydrogens is 308 g/mol. The number of nitrogens with two attached hydrogens (primary N) is 1. The van der Waals surface area contributed by atoms with E-state index in [1.165, 1.54) is 5.56 Å². The molecule has 1 aromatic rings. The summed E-state index contributed by atoms with van der Waals surface area (Å²) in [5, 5.41) is 0. The standard InChI is InChI=1S/C14H23BrN2S/c1-4-13(16)14(17(2)9-10-18-3)11-7-5-6-8-12(11)15/h5-8,13-14H,4,9-10,16H2,1-3H3. The lowest BCUT2D eigenvalue weighted by Gasteiger charge is -2.33. The van der Waals surface area contributed by atoms with Crippen LogP contribution in [0.2, 0.25) is 0 Å². The van der Waals surface area contributed by atoms with E-state index >= 15 is 0 Å². The lowest BCUT2D eigenvalue weighted by Crippen LogP contribution is -2.40. The van der Waals surface area contributed by atoms with Gasteiger partial charge in [0.05, 0.1) is 6.04 Å². The van der Waals surface area contributed by atoms with E-state index in [-0.39, 0.29) is 12.1 Å². The molecule has 0 heterocycles. The van der Waals surface area contributed by atoms with Gasteiger partial charge in [-0.05, 0) is 31.4 Å². The van der Waals surface area contributed by atoms with Crippen molar-refractivity contribution in [1.29, 1.82) is 0 Å². The number of likely N-dealkylation sites (N-methyl/N-ethyl adjacent to an activating group) is 1. The van der Waals surface area contributed by atoms with Crippen LogP contribution in [0.4, 0.5) is 0 Å². The Morgan fingerprint density at radius 3 is 2.61 bits per heavy atom. The van der Waals surface area contributed by atoms with Crippen LogP contribution in [0, 0.1) is 0 Å². The Labute approximate surface area is 123 Å². The smallest absolute Gasteiger partial charge is 0.0507 e. The fraction of sp³-hybridized carbons (Fsp3) is 0.571. The van der Waals surface area contributed by atoms with Crippen LogP contribution in [-0.2, 0) is 0 Å². The first kappa shape index (κ1) is 16.0. The predicted molar refractivity (Wildman–Crippen MR) is 86.2 cm³/mol. The minimum absolute atomic E-state index is 0.163. The Kier molecular flexibility index (Phi) is 7.30. The number of hydrogen-bond donors (Lipinski definition) is 1. The third-order valence-corrected chi connectivity index (χ3v) is 4.54. The van der Waals surface area contributed by atoms with Gasteiger partial charge in [-0.2, -0.15) is 11.8 Å². The average molecular weight is 331 g/mol. The van der Waals surface area contributed by atoms with E-state index in [1.807, 2.05) is 17.8 Å². The first-order valence-electron chi connectivity index (χ1n) is 6.31. The Morgan fingerprint density at radius 1 is 1.39 bits per heavy atom. The Balaban J connectivity index is 2.94. The van der Waals surface area contributed by atoms with Gasteiger partial charge in [0.15, 0.2) is 0 Å². The van der Waals surface area contributed by atoms with Crippen molar-refractivity contribution < 1.29 is 0 Å². The number of halogens is 1. The second kappa shape index (κ2) is 8.20. The van der Waals surface area contributed by atoms with E-state index in [9.17, 15) is 0 Å². The summed E-state index contributed by atoms with van der Waals surface area (Å²) in [6.45, 7) is 3.21. The van der Waals surface area contributed by atoms with Crippen molar-refractivity contribution >= 4 is 27.7 Å². The molecule has 1 rings (SSSR count). The highest BCUT2D eigenvalue weighted by molar-refractivity contribution is 9.10. The van der Waals surface area contributed by atoms with E-state index in [0.717, 1.165) is 23.2 Å². The van der Waals surface area contributed by atoms with Crippen LogP contribution in [0.1, 0.15) is 24.9 Å². The number of rotatable bonds is 7. The molecule has 0 fully saturated rings. The normalized spacial score (nSPS) is 14.8. The predicted octanol–water partition coefficient (Wildman–Crippen LogP) is 3.52. The third kappa shape index (κ3) is 4.26. The van der Waals surface area contributed by atoms with Gasteiger partial charge in [0.25, 0.3) is 0 Å². The SMILES string of the molecule is CCC(N)C(c1ccccc1Br)N(C)CCSC. The number of thioether (sulfide) groups is 1. The van der Waals surface area contributed by atoms with Crippen LogP contribution in [0.25, 0.3) is 0 Å². The third-order valence-electron chi connectivity index (χ3n) is 3.22. The van der Waals surface area contributed by atoms with Crippen molar-refractivity contribution in [3.8, 4) is 0 Å². The van der Waals surface area contributed by atoms with Crippen LogP contribution in [0.3, 0.4) is 0 Å². The summed E-state index contributed by atoms with van der Waals surface area (Å²) < 4.78 is 1.15. The lowest BCUT2D eigenvalue weighted by molar-refractivity contribution is 0.221. The molecule has 1 aromatic carbocycles. The molecule has 102 valence electrons. The first-order chi connectivity index (χ1) is 8.61. The maximum absolute atomic E-state index is 6.32. The largest absolute Gasteiger partial charge is 0.326 e. The molecule has 0 saturated carbocycles. The molecule has 2 nitrogen and oxygen atoms in total. The Hall–Kier alpha value is -0.0300. The molecule has 2 N–H and O–H groups in total. The van der Waals surface area contributed by atoms with Crippen molar-refractivity contribution in [3.05, 3.63) is 34.3 Å². The molecule has 0 radical (unpaired) electrons. The van der Waals surface area contributed by atoms with Gasteiger partial charge in [-0.15, -0.1) is 0 Å². The topological polar surface area (TPSA) is 29.3 Å². The maximum Gasteiger partial charge on any atom is 0.0507 e. The number of nitrogens with zero attached hydrogens (tertiary/aromatic N) is 1. The van der Waals surface area contributed by atoms with Gasteiger partial charge in [-0.1, -0.05) is 41.1 Å². The molecule has 0 saturated heterocycles. The maximum atomic E-state index is 6.32. The average Bonchev–Trinajstić information content (AvgIpc) is 2.38. The molecule has 18 heavy (non-hydrogen) atoms. The zero-order chi connectivity index (χ0) is 13.5. The van der Waals surface area contributed by atoms with Crippen LogP contribution >= 0.6 is 27.7 Å². The van der Waals surface area contributed by atoms with E-state index in [2.05, 4.69) is 59.3 Å². The number of benzene rings is 1. The highest BCUT2D eigenvalue weighted by Gasteiger charge is 2.24. The highest BCUT2D eigenvalue weighted by atomic mass is 79.9. The molecule has 0 aliphatic heterocycles. The van der Waals surface area contributed by atoms with E-state index in [0.29, 0.717) is 0 Å². The van der Waals surface area contributed by atoms with Gasteiger partial charge in [-0.25, -0.2) is 0 Å². The minimum Gasteiger partial charge on any atom is -0.326 e. The summed E-state index contributed by atoms with van der Waals surface area (Å²) >= 11 is 5.52. The van der Waals surface area contributed by atoms with E-state index in [4.69, 9.17) is 5.73 Å².